The maximum atomic E-state index is 11.3. The second-order valence-electron chi connectivity index (χ2n) is 5.78. The Morgan fingerprint density at radius 2 is 2.00 bits per heavy atom. The van der Waals surface area contributed by atoms with Crippen LogP contribution in [0.2, 0.25) is 0 Å². The molecule has 4 N–H and O–H groups in total. The fraction of sp³-hybridized carbons (Fsp3) is 0.533. The van der Waals surface area contributed by atoms with Crippen LogP contribution in [0.15, 0.2) is 24.3 Å². The average Bonchev–Trinajstić information content (AvgIpc) is 2.66. The predicted octanol–water partition coefficient (Wildman–Crippen LogP) is 1.57. The van der Waals surface area contributed by atoms with Gasteiger partial charge in [-0.05, 0) is 23.5 Å². The van der Waals surface area contributed by atoms with Crippen LogP contribution in [0, 0.1) is 5.92 Å². The highest BCUT2D eigenvalue weighted by Gasteiger charge is 2.33. The molecule has 1 amide bonds. The molecule has 4 heteroatoms. The van der Waals surface area contributed by atoms with Crippen molar-refractivity contribution in [2.45, 2.75) is 32.4 Å². The lowest BCUT2D eigenvalue weighted by Gasteiger charge is -2.30. The van der Waals surface area contributed by atoms with E-state index in [1.807, 2.05) is 12.1 Å². The van der Waals surface area contributed by atoms with Crippen molar-refractivity contribution in [2.75, 3.05) is 13.1 Å². The average molecular weight is 261 g/mol. The van der Waals surface area contributed by atoms with Crippen LogP contribution in [0.4, 0.5) is 0 Å². The summed E-state index contributed by atoms with van der Waals surface area (Å²) in [6, 6.07) is 8.51. The molecule has 0 radical (unpaired) electrons. The van der Waals surface area contributed by atoms with E-state index in [0.29, 0.717) is 12.5 Å². The quantitative estimate of drug-likeness (QED) is 0.845. The number of hydrogen-bond donors (Lipinski definition) is 2. The van der Waals surface area contributed by atoms with Crippen molar-refractivity contribution < 1.29 is 4.79 Å². The molecule has 4 nitrogen and oxygen atoms in total. The summed E-state index contributed by atoms with van der Waals surface area (Å²) in [5, 5.41) is 0. The van der Waals surface area contributed by atoms with Crippen LogP contribution >= 0.6 is 0 Å². The Balaban J connectivity index is 2.25. The molecule has 0 bridgehead atoms. The maximum absolute atomic E-state index is 11.3. The van der Waals surface area contributed by atoms with Crippen molar-refractivity contribution >= 4 is 5.91 Å². The summed E-state index contributed by atoms with van der Waals surface area (Å²) in [6.07, 6.45) is 0.860. The Morgan fingerprint density at radius 3 is 2.58 bits per heavy atom. The molecule has 1 aromatic carbocycles. The number of carbonyl (C=O) groups excluding carboxylic acids is 1. The van der Waals surface area contributed by atoms with Crippen LogP contribution in [0.25, 0.3) is 0 Å². The number of benzene rings is 1. The third kappa shape index (κ3) is 3.14. The molecular weight excluding hydrogens is 238 g/mol. The van der Waals surface area contributed by atoms with E-state index in [2.05, 4.69) is 30.9 Å². The lowest BCUT2D eigenvalue weighted by Crippen LogP contribution is -2.38. The Kier molecular flexibility index (Phi) is 4.22. The molecule has 0 spiro atoms. The van der Waals surface area contributed by atoms with E-state index >= 15 is 0 Å². The van der Waals surface area contributed by atoms with Gasteiger partial charge in [-0.1, -0.05) is 38.1 Å². The largest absolute Gasteiger partial charge is 0.369 e. The van der Waals surface area contributed by atoms with Gasteiger partial charge in [0, 0.05) is 18.6 Å². The second-order valence-corrected chi connectivity index (χ2v) is 5.78. The fourth-order valence-electron chi connectivity index (χ4n) is 2.96. The molecular formula is C15H23N3O. The Morgan fingerprint density at radius 1 is 1.37 bits per heavy atom. The van der Waals surface area contributed by atoms with Crippen molar-refractivity contribution in [3.8, 4) is 0 Å². The van der Waals surface area contributed by atoms with Gasteiger partial charge >= 0.3 is 0 Å². The van der Waals surface area contributed by atoms with Gasteiger partial charge in [0.1, 0.15) is 0 Å². The first-order valence-electron chi connectivity index (χ1n) is 6.85. The minimum absolute atomic E-state index is 0.0590. The normalized spacial score (nSPS) is 21.9. The van der Waals surface area contributed by atoms with Gasteiger partial charge in [-0.25, -0.2) is 0 Å². The molecule has 0 saturated heterocycles. The molecule has 2 unspecified atom stereocenters. The minimum atomic E-state index is -0.279. The third-order valence-corrected chi connectivity index (χ3v) is 3.63. The van der Waals surface area contributed by atoms with Gasteiger partial charge < -0.3 is 11.5 Å². The number of amides is 1. The minimum Gasteiger partial charge on any atom is -0.369 e. The highest BCUT2D eigenvalue weighted by molar-refractivity contribution is 5.76. The number of carbonyl (C=O) groups is 1. The van der Waals surface area contributed by atoms with Gasteiger partial charge in [-0.2, -0.15) is 0 Å². The monoisotopic (exact) mass is 261 g/mol. The van der Waals surface area contributed by atoms with E-state index in [-0.39, 0.29) is 18.0 Å². The summed E-state index contributed by atoms with van der Waals surface area (Å²) in [6.45, 7) is 5.45. The van der Waals surface area contributed by atoms with E-state index in [1.165, 1.54) is 11.1 Å². The number of primary amides is 1. The maximum Gasteiger partial charge on any atom is 0.231 e. The molecule has 0 aliphatic heterocycles. The van der Waals surface area contributed by atoms with Crippen molar-refractivity contribution in [2.24, 2.45) is 17.4 Å². The number of nitrogens with two attached hydrogens (primary N) is 2. The van der Waals surface area contributed by atoms with Crippen LogP contribution in [0.3, 0.4) is 0 Å². The number of fused-ring (bicyclic) bond motifs is 1. The first-order chi connectivity index (χ1) is 8.99. The number of rotatable bonds is 5. The van der Waals surface area contributed by atoms with Crippen LogP contribution in [-0.2, 0) is 4.79 Å². The lowest BCUT2D eigenvalue weighted by atomic mass is 10.1. The highest BCUT2D eigenvalue weighted by Crippen LogP contribution is 2.40. The van der Waals surface area contributed by atoms with E-state index in [9.17, 15) is 4.79 Å². The van der Waals surface area contributed by atoms with E-state index < -0.39 is 0 Å². The van der Waals surface area contributed by atoms with Gasteiger partial charge in [0.05, 0.1) is 6.54 Å². The molecule has 0 aromatic heterocycles. The van der Waals surface area contributed by atoms with Crippen LogP contribution in [-0.4, -0.2) is 23.9 Å². The summed E-state index contributed by atoms with van der Waals surface area (Å²) in [5.74, 6) is 0.210. The van der Waals surface area contributed by atoms with Gasteiger partial charge in [-0.3, -0.25) is 9.69 Å². The molecule has 19 heavy (non-hydrogen) atoms. The van der Waals surface area contributed by atoms with Gasteiger partial charge in [0.2, 0.25) is 5.91 Å². The molecule has 0 fully saturated rings. The Hall–Kier alpha value is -1.39. The second kappa shape index (κ2) is 5.72. The van der Waals surface area contributed by atoms with E-state index in [0.717, 1.165) is 13.0 Å². The summed E-state index contributed by atoms with van der Waals surface area (Å²) in [7, 11) is 0. The standard InChI is InChI=1S/C15H23N3O/c1-10(2)8-18(9-15(17)19)14-7-13(16)11-5-3-4-6-12(11)14/h3-6,10,13-14H,7-9,16H2,1-2H3,(H2,17,19). The Bertz CT molecular complexity index is 458. The number of hydrogen-bond acceptors (Lipinski definition) is 3. The molecule has 2 rings (SSSR count). The molecule has 1 aliphatic carbocycles. The topological polar surface area (TPSA) is 72.3 Å². The third-order valence-electron chi connectivity index (χ3n) is 3.63. The molecule has 1 aliphatic rings. The fourth-order valence-corrected chi connectivity index (χ4v) is 2.96. The Labute approximate surface area is 114 Å². The van der Waals surface area contributed by atoms with Crippen LogP contribution in [0.5, 0.6) is 0 Å². The summed E-state index contributed by atoms with van der Waals surface area (Å²) in [5.41, 5.74) is 14.0. The van der Waals surface area contributed by atoms with E-state index in [4.69, 9.17) is 11.5 Å². The molecule has 0 saturated carbocycles. The predicted molar refractivity (Wildman–Crippen MR) is 76.3 cm³/mol. The SMILES string of the molecule is CC(C)CN(CC(N)=O)C1CC(N)c2ccccc21. The van der Waals surface area contributed by atoms with Gasteiger partial charge in [0.25, 0.3) is 0 Å². The summed E-state index contributed by atoms with van der Waals surface area (Å²) in [4.78, 5) is 13.5. The smallest absolute Gasteiger partial charge is 0.231 e. The van der Waals surface area contributed by atoms with Crippen molar-refractivity contribution in [1.29, 1.82) is 0 Å². The van der Waals surface area contributed by atoms with Crippen LogP contribution in [0.1, 0.15) is 43.5 Å². The van der Waals surface area contributed by atoms with Gasteiger partial charge in [0.15, 0.2) is 0 Å². The molecule has 0 heterocycles. The lowest BCUT2D eigenvalue weighted by molar-refractivity contribution is -0.119. The van der Waals surface area contributed by atoms with Crippen molar-refractivity contribution in [3.63, 3.8) is 0 Å². The van der Waals surface area contributed by atoms with Gasteiger partial charge in [-0.15, -0.1) is 0 Å². The van der Waals surface area contributed by atoms with Crippen molar-refractivity contribution in [1.82, 2.24) is 4.90 Å². The molecule has 104 valence electrons. The molecule has 1 aromatic rings. The number of nitrogens with zero attached hydrogens (tertiary/aromatic N) is 1. The highest BCUT2D eigenvalue weighted by atomic mass is 16.1. The zero-order valence-corrected chi connectivity index (χ0v) is 11.7. The van der Waals surface area contributed by atoms with Crippen molar-refractivity contribution in [3.05, 3.63) is 35.4 Å². The zero-order chi connectivity index (χ0) is 14.0. The summed E-state index contributed by atoms with van der Waals surface area (Å²) >= 11 is 0. The van der Waals surface area contributed by atoms with E-state index in [1.54, 1.807) is 0 Å². The summed E-state index contributed by atoms with van der Waals surface area (Å²) < 4.78 is 0. The first-order valence-corrected chi connectivity index (χ1v) is 6.85. The van der Waals surface area contributed by atoms with Crippen LogP contribution < -0.4 is 11.5 Å². The molecule has 2 atom stereocenters. The first kappa shape index (κ1) is 14.0. The zero-order valence-electron chi connectivity index (χ0n) is 11.7.